The molecule has 0 atom stereocenters. The van der Waals surface area contributed by atoms with E-state index in [4.69, 9.17) is 9.72 Å². The van der Waals surface area contributed by atoms with E-state index in [1.54, 1.807) is 0 Å². The van der Waals surface area contributed by atoms with Crippen molar-refractivity contribution in [2.45, 2.75) is 0 Å². The Balaban J connectivity index is 1.17. The topological polar surface area (TPSA) is 107 Å². The normalized spacial score (nSPS) is 16.7. The molecule has 0 amide bonds. The maximum atomic E-state index is 5.48. The van der Waals surface area contributed by atoms with E-state index in [9.17, 15) is 0 Å². The van der Waals surface area contributed by atoms with Crippen LogP contribution in [0.1, 0.15) is 0 Å². The molecule has 34 heavy (non-hydrogen) atoms. The van der Waals surface area contributed by atoms with Crippen LogP contribution in [0.4, 0.5) is 23.1 Å². The second-order valence-electron chi connectivity index (χ2n) is 8.43. The van der Waals surface area contributed by atoms with Gasteiger partial charge in [0.2, 0.25) is 5.95 Å². The Bertz CT molecular complexity index is 1240. The van der Waals surface area contributed by atoms with Crippen LogP contribution in [-0.4, -0.2) is 77.4 Å². The van der Waals surface area contributed by atoms with Crippen LogP contribution in [0.5, 0.6) is 0 Å². The molecule has 10 heteroatoms. The number of fused-ring (bicyclic) bond motifs is 1. The number of aromatic nitrogens is 5. The molecule has 0 radical (unpaired) electrons. The number of pyridine rings is 1. The van der Waals surface area contributed by atoms with E-state index in [1.807, 2.05) is 36.8 Å². The molecule has 2 aliphatic heterocycles. The highest BCUT2D eigenvalue weighted by molar-refractivity contribution is 5.88. The van der Waals surface area contributed by atoms with Gasteiger partial charge >= 0.3 is 0 Å². The van der Waals surface area contributed by atoms with Crippen LogP contribution in [0.2, 0.25) is 0 Å². The van der Waals surface area contributed by atoms with Crippen LogP contribution < -0.4 is 20.4 Å². The number of anilines is 4. The van der Waals surface area contributed by atoms with Crippen molar-refractivity contribution < 1.29 is 4.74 Å². The minimum absolute atomic E-state index is 0.716. The molecule has 2 aliphatic rings. The molecule has 5 heterocycles. The molecule has 0 spiro atoms. The summed E-state index contributed by atoms with van der Waals surface area (Å²) in [4.78, 5) is 26.4. The highest BCUT2D eigenvalue weighted by Crippen LogP contribution is 2.28. The molecule has 0 unspecified atom stereocenters. The van der Waals surface area contributed by atoms with Crippen molar-refractivity contribution >= 4 is 34.2 Å². The minimum Gasteiger partial charge on any atom is -0.378 e. The largest absolute Gasteiger partial charge is 0.378 e. The molecule has 2 saturated heterocycles. The second kappa shape index (κ2) is 9.24. The summed E-state index contributed by atoms with van der Waals surface area (Å²) in [5, 5.41) is 6.72. The second-order valence-corrected chi connectivity index (χ2v) is 8.43. The monoisotopic (exact) mass is 457 g/mol. The summed E-state index contributed by atoms with van der Waals surface area (Å²) in [5.74, 6) is 2.51. The van der Waals surface area contributed by atoms with Crippen LogP contribution in [0.25, 0.3) is 22.4 Å². The summed E-state index contributed by atoms with van der Waals surface area (Å²) in [5.41, 5.74) is 4.71. The number of benzene rings is 1. The van der Waals surface area contributed by atoms with Crippen molar-refractivity contribution in [3.63, 3.8) is 0 Å². The molecule has 174 valence electrons. The van der Waals surface area contributed by atoms with E-state index in [-0.39, 0.29) is 0 Å². The molecule has 0 aliphatic carbocycles. The van der Waals surface area contributed by atoms with Gasteiger partial charge in [0, 0.05) is 56.7 Å². The fourth-order valence-electron chi connectivity index (χ4n) is 4.36. The van der Waals surface area contributed by atoms with Crippen molar-refractivity contribution in [1.29, 1.82) is 0 Å². The summed E-state index contributed by atoms with van der Waals surface area (Å²) in [7, 11) is 0. The number of hydrogen-bond donors (Lipinski definition) is 3. The summed E-state index contributed by atoms with van der Waals surface area (Å²) >= 11 is 0. The van der Waals surface area contributed by atoms with Gasteiger partial charge in [0.05, 0.1) is 36.8 Å². The van der Waals surface area contributed by atoms with Crippen LogP contribution >= 0.6 is 0 Å². The first-order valence-electron chi connectivity index (χ1n) is 11.7. The third kappa shape index (κ3) is 4.25. The van der Waals surface area contributed by atoms with Gasteiger partial charge < -0.3 is 30.2 Å². The van der Waals surface area contributed by atoms with Crippen LogP contribution in [0.15, 0.2) is 48.9 Å². The number of rotatable bonds is 5. The SMILES string of the molecule is c1cc2[nH]c(-c3ccc(Nc4cnc(N5CCNCC5)nc4)cc3)nc2c(N2CCOCC2)n1. The fraction of sp³-hybridized carbons (Fsp3) is 0.333. The number of nitrogens with zero attached hydrogens (tertiary/aromatic N) is 6. The van der Waals surface area contributed by atoms with Crippen molar-refractivity contribution in [2.24, 2.45) is 0 Å². The first kappa shape index (κ1) is 20.8. The van der Waals surface area contributed by atoms with E-state index in [2.05, 4.69) is 52.5 Å². The third-order valence-electron chi connectivity index (χ3n) is 6.18. The van der Waals surface area contributed by atoms with E-state index < -0.39 is 0 Å². The number of aromatic amines is 1. The van der Waals surface area contributed by atoms with Gasteiger partial charge in [-0.1, -0.05) is 0 Å². The maximum absolute atomic E-state index is 5.48. The van der Waals surface area contributed by atoms with Gasteiger partial charge in [0.1, 0.15) is 11.3 Å². The lowest BCUT2D eigenvalue weighted by Crippen LogP contribution is -2.44. The number of nitrogens with one attached hydrogen (secondary N) is 3. The zero-order valence-electron chi connectivity index (χ0n) is 18.9. The van der Waals surface area contributed by atoms with E-state index in [0.717, 1.165) is 84.8 Å². The lowest BCUT2D eigenvalue weighted by atomic mass is 10.2. The fourth-order valence-corrected chi connectivity index (χ4v) is 4.36. The third-order valence-corrected chi connectivity index (χ3v) is 6.18. The summed E-state index contributed by atoms with van der Waals surface area (Å²) < 4.78 is 5.48. The number of ether oxygens (including phenoxy) is 1. The van der Waals surface area contributed by atoms with E-state index >= 15 is 0 Å². The zero-order valence-corrected chi connectivity index (χ0v) is 18.9. The highest BCUT2D eigenvalue weighted by atomic mass is 16.5. The van der Waals surface area contributed by atoms with Gasteiger partial charge in [-0.25, -0.2) is 19.9 Å². The Hall–Kier alpha value is -3.76. The van der Waals surface area contributed by atoms with Crippen LogP contribution in [0.3, 0.4) is 0 Å². The van der Waals surface area contributed by atoms with E-state index in [0.29, 0.717) is 13.2 Å². The average Bonchev–Trinajstić information content (AvgIpc) is 3.35. The molecule has 10 nitrogen and oxygen atoms in total. The molecular weight excluding hydrogens is 430 g/mol. The predicted octanol–water partition coefficient (Wildman–Crippen LogP) is 2.40. The highest BCUT2D eigenvalue weighted by Gasteiger charge is 2.18. The van der Waals surface area contributed by atoms with Crippen LogP contribution in [-0.2, 0) is 4.74 Å². The van der Waals surface area contributed by atoms with Gasteiger partial charge in [0.25, 0.3) is 0 Å². The number of piperazine rings is 1. The maximum Gasteiger partial charge on any atom is 0.225 e. The van der Waals surface area contributed by atoms with Gasteiger partial charge in [-0.3, -0.25) is 0 Å². The van der Waals surface area contributed by atoms with Gasteiger partial charge in [-0.2, -0.15) is 0 Å². The lowest BCUT2D eigenvalue weighted by molar-refractivity contribution is 0.122. The average molecular weight is 458 g/mol. The lowest BCUT2D eigenvalue weighted by Gasteiger charge is -2.27. The quantitative estimate of drug-likeness (QED) is 0.416. The van der Waals surface area contributed by atoms with Crippen molar-refractivity contribution in [3.8, 4) is 11.4 Å². The summed E-state index contributed by atoms with van der Waals surface area (Å²) in [6.45, 7) is 6.88. The van der Waals surface area contributed by atoms with Gasteiger partial charge in [-0.05, 0) is 30.3 Å². The molecule has 3 N–H and O–H groups in total. The predicted molar refractivity (Wildman–Crippen MR) is 133 cm³/mol. The zero-order chi connectivity index (χ0) is 22.7. The van der Waals surface area contributed by atoms with Crippen LogP contribution in [0, 0.1) is 0 Å². The molecule has 1 aromatic carbocycles. The van der Waals surface area contributed by atoms with Crippen molar-refractivity contribution in [1.82, 2.24) is 30.2 Å². The molecule has 0 bridgehead atoms. The molecule has 4 aromatic rings. The number of hydrogen-bond acceptors (Lipinski definition) is 9. The standard InChI is InChI=1S/C24H27N9O/c1-3-18(29-19-15-27-24(28-16-19)33-9-7-25-8-10-33)4-2-17(1)22-30-20-5-6-26-23(21(20)31-22)32-11-13-34-14-12-32/h1-6,15-16,25,29H,7-14H2,(H,30,31). The number of imidazole rings is 1. The Labute approximate surface area is 197 Å². The Morgan fingerprint density at radius 3 is 2.35 bits per heavy atom. The smallest absolute Gasteiger partial charge is 0.225 e. The number of morpholine rings is 1. The Morgan fingerprint density at radius 2 is 1.59 bits per heavy atom. The van der Waals surface area contributed by atoms with Gasteiger partial charge in [0.15, 0.2) is 5.82 Å². The summed E-state index contributed by atoms with van der Waals surface area (Å²) in [6, 6.07) is 10.1. The molecule has 2 fully saturated rings. The van der Waals surface area contributed by atoms with E-state index in [1.165, 1.54) is 0 Å². The number of H-pyrrole nitrogens is 1. The minimum atomic E-state index is 0.716. The molecule has 0 saturated carbocycles. The first-order valence-corrected chi connectivity index (χ1v) is 11.7. The first-order chi connectivity index (χ1) is 16.8. The molecular formula is C24H27N9O. The molecule has 3 aromatic heterocycles. The van der Waals surface area contributed by atoms with Crippen molar-refractivity contribution in [3.05, 3.63) is 48.9 Å². The Morgan fingerprint density at radius 1 is 0.824 bits per heavy atom. The molecule has 6 rings (SSSR count). The van der Waals surface area contributed by atoms with Crippen molar-refractivity contribution in [2.75, 3.05) is 67.6 Å². The summed E-state index contributed by atoms with van der Waals surface area (Å²) in [6.07, 6.45) is 5.49. The van der Waals surface area contributed by atoms with Gasteiger partial charge in [-0.15, -0.1) is 0 Å². The Kier molecular flexibility index (Phi) is 5.66.